The Morgan fingerprint density at radius 2 is 2.09 bits per heavy atom. The largest absolute Gasteiger partial charge is 0.477 e. The van der Waals surface area contributed by atoms with E-state index in [1.54, 1.807) is 6.92 Å². The number of halogens is 3. The van der Waals surface area contributed by atoms with Gasteiger partial charge in [0, 0.05) is 18.8 Å². The zero-order valence-electron chi connectivity index (χ0n) is 18.0. The van der Waals surface area contributed by atoms with Gasteiger partial charge in [0.15, 0.2) is 11.6 Å². The van der Waals surface area contributed by atoms with Crippen LogP contribution in [0.25, 0.3) is 10.9 Å². The normalized spacial score (nSPS) is 22.3. The third-order valence-corrected chi connectivity index (χ3v) is 5.99. The van der Waals surface area contributed by atoms with Gasteiger partial charge in [0.1, 0.15) is 18.4 Å². The molecule has 2 aliphatic rings. The molecule has 12 heteroatoms. The minimum absolute atomic E-state index is 0.0241. The quantitative estimate of drug-likeness (QED) is 0.626. The molecule has 2 aromatic rings. The lowest BCUT2D eigenvalue weighted by Gasteiger charge is -2.39. The molecule has 1 unspecified atom stereocenters. The van der Waals surface area contributed by atoms with Crippen LogP contribution in [0, 0.1) is 5.82 Å². The summed E-state index contributed by atoms with van der Waals surface area (Å²) < 4.78 is 48.6. The molecule has 1 atom stereocenters. The van der Waals surface area contributed by atoms with E-state index < -0.39 is 40.7 Å². The molecule has 3 N–H and O–H groups in total. The van der Waals surface area contributed by atoms with Crippen LogP contribution in [0.1, 0.15) is 42.6 Å². The standard InChI is InChI=1S/C21H23F3N4O5/c1-21(25)5-6-27(9-14(21)26-32-2)16-13(22)7-11-15(18(16)33-20(23)24)28(10-3-4-10)8-12(17(11)29)19(30)31/h7-8,10,20H,3-6,9,25H2,1-2H3,(H,30,31)/b26-14+. The Labute approximate surface area is 186 Å². The molecular formula is C21H23F3N4O5. The molecule has 1 saturated heterocycles. The summed E-state index contributed by atoms with van der Waals surface area (Å²) in [6.07, 6.45) is 2.72. The number of hydrogen-bond donors (Lipinski definition) is 2. The van der Waals surface area contributed by atoms with Crippen LogP contribution in [0.2, 0.25) is 0 Å². The van der Waals surface area contributed by atoms with Crippen molar-refractivity contribution < 1.29 is 32.6 Å². The Balaban J connectivity index is 2.00. The molecule has 9 nitrogen and oxygen atoms in total. The van der Waals surface area contributed by atoms with E-state index in [2.05, 4.69) is 5.16 Å². The maximum Gasteiger partial charge on any atom is 0.387 e. The molecule has 0 radical (unpaired) electrons. The number of anilines is 1. The number of fused-ring (bicyclic) bond motifs is 1. The molecule has 1 aromatic carbocycles. The van der Waals surface area contributed by atoms with E-state index in [4.69, 9.17) is 15.3 Å². The number of rotatable bonds is 6. The molecule has 33 heavy (non-hydrogen) atoms. The van der Waals surface area contributed by atoms with Crippen LogP contribution < -0.4 is 20.8 Å². The van der Waals surface area contributed by atoms with Gasteiger partial charge in [-0.15, -0.1) is 0 Å². The van der Waals surface area contributed by atoms with Crippen molar-refractivity contribution in [2.45, 2.75) is 44.4 Å². The lowest BCUT2D eigenvalue weighted by Crippen LogP contribution is -2.56. The highest BCUT2D eigenvalue weighted by molar-refractivity contribution is 6.00. The Kier molecular flexibility index (Phi) is 5.72. The number of piperidine rings is 1. The number of benzene rings is 1. The van der Waals surface area contributed by atoms with E-state index in [-0.39, 0.29) is 35.7 Å². The van der Waals surface area contributed by atoms with Crippen molar-refractivity contribution in [3.63, 3.8) is 0 Å². The molecule has 0 amide bonds. The zero-order valence-corrected chi connectivity index (χ0v) is 18.0. The van der Waals surface area contributed by atoms with Crippen molar-refractivity contribution in [1.82, 2.24) is 4.57 Å². The molecule has 0 bridgehead atoms. The average Bonchev–Trinajstić information content (AvgIpc) is 3.55. The number of alkyl halides is 2. The molecule has 1 aromatic heterocycles. The van der Waals surface area contributed by atoms with Gasteiger partial charge in [-0.1, -0.05) is 5.16 Å². The Bertz CT molecular complexity index is 1210. The first-order chi connectivity index (χ1) is 15.5. The number of pyridine rings is 1. The van der Waals surface area contributed by atoms with Gasteiger partial charge in [-0.3, -0.25) is 4.79 Å². The highest BCUT2D eigenvalue weighted by Gasteiger charge is 2.37. The number of carboxylic acid groups (broad SMARTS) is 1. The van der Waals surface area contributed by atoms with Gasteiger partial charge in [0.25, 0.3) is 0 Å². The lowest BCUT2D eigenvalue weighted by atomic mass is 9.88. The van der Waals surface area contributed by atoms with Gasteiger partial charge in [-0.25, -0.2) is 9.18 Å². The minimum atomic E-state index is -3.31. The zero-order chi connectivity index (χ0) is 24.1. The first-order valence-electron chi connectivity index (χ1n) is 10.3. The highest BCUT2D eigenvalue weighted by atomic mass is 19.3. The summed E-state index contributed by atoms with van der Waals surface area (Å²) in [5.74, 6) is -3.02. The molecule has 1 aliphatic carbocycles. The highest BCUT2D eigenvalue weighted by Crippen LogP contribution is 2.45. The van der Waals surface area contributed by atoms with Crippen LogP contribution in [-0.4, -0.2) is 53.7 Å². The third kappa shape index (κ3) is 4.10. The number of oxime groups is 1. The fourth-order valence-electron chi connectivity index (χ4n) is 4.12. The van der Waals surface area contributed by atoms with Crippen molar-refractivity contribution in [1.29, 1.82) is 0 Å². The number of carbonyl (C=O) groups is 1. The van der Waals surface area contributed by atoms with E-state index in [1.807, 2.05) is 0 Å². The van der Waals surface area contributed by atoms with Crippen molar-refractivity contribution in [3.05, 3.63) is 33.9 Å². The first kappa shape index (κ1) is 22.9. The lowest BCUT2D eigenvalue weighted by molar-refractivity contribution is -0.0488. The summed E-state index contributed by atoms with van der Waals surface area (Å²) >= 11 is 0. The summed E-state index contributed by atoms with van der Waals surface area (Å²) in [6.45, 7) is -1.41. The second-order valence-electron chi connectivity index (χ2n) is 8.44. The van der Waals surface area contributed by atoms with Crippen molar-refractivity contribution in [3.8, 4) is 5.75 Å². The summed E-state index contributed by atoms with van der Waals surface area (Å²) in [5.41, 5.74) is 3.87. The summed E-state index contributed by atoms with van der Waals surface area (Å²) in [7, 11) is 1.33. The number of nitrogens with two attached hydrogens (primary N) is 1. The van der Waals surface area contributed by atoms with Gasteiger partial charge in [0.2, 0.25) is 5.43 Å². The number of carboxylic acids is 1. The molecular weight excluding hydrogens is 445 g/mol. The van der Waals surface area contributed by atoms with Crippen LogP contribution in [0.3, 0.4) is 0 Å². The molecule has 178 valence electrons. The van der Waals surface area contributed by atoms with Gasteiger partial charge in [-0.05, 0) is 32.3 Å². The maximum atomic E-state index is 15.4. The van der Waals surface area contributed by atoms with Gasteiger partial charge >= 0.3 is 12.6 Å². The Morgan fingerprint density at radius 3 is 2.67 bits per heavy atom. The Hall–Kier alpha value is -3.28. The second kappa shape index (κ2) is 8.25. The molecule has 4 rings (SSSR count). The van der Waals surface area contributed by atoms with Crippen LogP contribution in [0.4, 0.5) is 18.9 Å². The topological polar surface area (TPSA) is 119 Å². The van der Waals surface area contributed by atoms with Crippen LogP contribution in [-0.2, 0) is 4.84 Å². The van der Waals surface area contributed by atoms with E-state index in [9.17, 15) is 23.5 Å². The smallest absolute Gasteiger partial charge is 0.387 e. The number of hydrogen-bond acceptors (Lipinski definition) is 7. The number of aromatic carboxylic acids is 1. The summed E-state index contributed by atoms with van der Waals surface area (Å²) in [6, 6.07) is 0.656. The molecule has 1 aliphatic heterocycles. The summed E-state index contributed by atoms with van der Waals surface area (Å²) in [4.78, 5) is 30.7. The van der Waals surface area contributed by atoms with Gasteiger partial charge in [-0.2, -0.15) is 8.78 Å². The third-order valence-electron chi connectivity index (χ3n) is 5.99. The minimum Gasteiger partial charge on any atom is -0.477 e. The fraction of sp³-hybridized carbons (Fsp3) is 0.476. The van der Waals surface area contributed by atoms with E-state index in [0.29, 0.717) is 25.0 Å². The first-order valence-corrected chi connectivity index (χ1v) is 10.3. The van der Waals surface area contributed by atoms with Gasteiger partial charge < -0.3 is 29.9 Å². The average molecular weight is 468 g/mol. The van der Waals surface area contributed by atoms with Crippen molar-refractivity contribution >= 4 is 28.3 Å². The predicted octanol–water partition coefficient (Wildman–Crippen LogP) is 2.71. The molecule has 1 saturated carbocycles. The van der Waals surface area contributed by atoms with Gasteiger partial charge in [0.05, 0.1) is 28.7 Å². The predicted molar refractivity (Wildman–Crippen MR) is 114 cm³/mol. The summed E-state index contributed by atoms with van der Waals surface area (Å²) in [5, 5.41) is 13.0. The maximum absolute atomic E-state index is 15.4. The van der Waals surface area contributed by atoms with Crippen molar-refractivity contribution in [2.75, 3.05) is 25.1 Å². The second-order valence-corrected chi connectivity index (χ2v) is 8.44. The van der Waals surface area contributed by atoms with Crippen LogP contribution in [0.5, 0.6) is 5.75 Å². The Morgan fingerprint density at radius 1 is 1.39 bits per heavy atom. The van der Waals surface area contributed by atoms with Crippen molar-refractivity contribution in [2.24, 2.45) is 10.9 Å². The number of nitrogens with zero attached hydrogens (tertiary/aromatic N) is 3. The number of ether oxygens (including phenoxy) is 1. The molecule has 2 fully saturated rings. The fourth-order valence-corrected chi connectivity index (χ4v) is 4.12. The van der Waals surface area contributed by atoms with E-state index in [1.165, 1.54) is 16.6 Å². The molecule has 0 spiro atoms. The van der Waals surface area contributed by atoms with Crippen LogP contribution >= 0.6 is 0 Å². The van der Waals surface area contributed by atoms with Crippen LogP contribution in [0.15, 0.2) is 22.2 Å². The van der Waals surface area contributed by atoms with E-state index in [0.717, 1.165) is 12.3 Å². The number of aromatic nitrogens is 1. The molecule has 2 heterocycles. The van der Waals surface area contributed by atoms with E-state index >= 15 is 4.39 Å². The SMILES string of the molecule is CO/N=C1\CN(c2c(F)cc3c(=O)c(C(=O)O)cn(C4CC4)c3c2OC(F)F)CCC1(C)N. The monoisotopic (exact) mass is 468 g/mol.